The Morgan fingerprint density at radius 2 is 1.60 bits per heavy atom. The second-order valence-electron chi connectivity index (χ2n) is 2.66. The van der Waals surface area contributed by atoms with Gasteiger partial charge in [-0.1, -0.05) is 30.3 Å². The molecule has 0 amide bonds. The monoisotopic (exact) mass is 272 g/mol. The van der Waals surface area contributed by atoms with Gasteiger partial charge in [-0.25, -0.2) is 0 Å². The highest BCUT2D eigenvalue weighted by atomic mass is 36.0. The molecule has 0 atom stereocenters. The largest absolute Gasteiger partial charge is 0.317 e. The highest BCUT2D eigenvalue weighted by molar-refractivity contribution is 8.31. The van der Waals surface area contributed by atoms with E-state index in [1.54, 1.807) is 0 Å². The molecule has 0 bridgehead atoms. The molecule has 0 fully saturated rings. The average molecular weight is 273 g/mol. The topological polar surface area (TPSA) is 34.1 Å². The van der Waals surface area contributed by atoms with E-state index in [1.165, 1.54) is 5.56 Å². The number of halogens is 3. The third kappa shape index (κ3) is 13.7. The summed E-state index contributed by atoms with van der Waals surface area (Å²) in [5, 5.41) is 0. The zero-order valence-electron chi connectivity index (χ0n) is 7.87. The fraction of sp³-hybridized carbons (Fsp3) is 0.333. The van der Waals surface area contributed by atoms with Crippen molar-refractivity contribution >= 4 is 29.6 Å². The average Bonchev–Trinajstić information content (AvgIpc) is 2.14. The summed E-state index contributed by atoms with van der Waals surface area (Å²) in [4.78, 5) is 0. The molecule has 1 aromatic carbocycles. The zero-order valence-corrected chi connectivity index (χ0v) is 10.2. The van der Waals surface area contributed by atoms with Crippen LogP contribution in [0.3, 0.4) is 0 Å². The van der Waals surface area contributed by atoms with Gasteiger partial charge in [0.2, 0.25) is 0 Å². The number of hydrogen-bond donors (Lipinski definition) is 0. The molecule has 86 valence electrons. The molecule has 1 aromatic rings. The summed E-state index contributed by atoms with van der Waals surface area (Å²) >= 11 is 0. The van der Waals surface area contributed by atoms with E-state index in [2.05, 4.69) is 21.4 Å². The van der Waals surface area contributed by atoms with Gasteiger partial charge < -0.3 is 0 Å². The third-order valence-corrected chi connectivity index (χ3v) is 1.44. The molecule has 0 aliphatic heterocycles. The molecule has 0 aromatic heterocycles. The maximum atomic E-state index is 11.7. The van der Waals surface area contributed by atoms with Gasteiger partial charge in [0.05, 0.1) is 6.67 Å². The van der Waals surface area contributed by atoms with Gasteiger partial charge >= 0.3 is 8.26 Å². The van der Waals surface area contributed by atoms with Crippen LogP contribution in [0.5, 0.6) is 0 Å². The SMILES string of the molecule is FCCCc1ccccc1.O=S(=O)(Cl)Cl. The summed E-state index contributed by atoms with van der Waals surface area (Å²) in [7, 11) is 4.81. The van der Waals surface area contributed by atoms with Crippen molar-refractivity contribution in [1.29, 1.82) is 0 Å². The number of alkyl halides is 1. The highest BCUT2D eigenvalue weighted by Crippen LogP contribution is 2.01. The van der Waals surface area contributed by atoms with Crippen molar-refractivity contribution in [2.24, 2.45) is 0 Å². The molecule has 0 spiro atoms. The van der Waals surface area contributed by atoms with Crippen molar-refractivity contribution in [3.05, 3.63) is 35.9 Å². The van der Waals surface area contributed by atoms with E-state index in [-0.39, 0.29) is 6.67 Å². The molecule has 1 rings (SSSR count). The third-order valence-electron chi connectivity index (χ3n) is 1.44. The summed E-state index contributed by atoms with van der Waals surface area (Å²) in [5.74, 6) is 0. The molecule has 2 nitrogen and oxygen atoms in total. The Kier molecular flexibility index (Phi) is 7.74. The maximum Gasteiger partial charge on any atom is 0.317 e. The smallest absolute Gasteiger partial charge is 0.251 e. The van der Waals surface area contributed by atoms with Crippen molar-refractivity contribution in [3.8, 4) is 0 Å². The second-order valence-corrected chi connectivity index (χ2v) is 6.32. The van der Waals surface area contributed by atoms with E-state index in [0.717, 1.165) is 6.42 Å². The van der Waals surface area contributed by atoms with Gasteiger partial charge in [-0.2, -0.15) is 8.42 Å². The standard InChI is InChI=1S/C9H11F.Cl2O2S/c10-8-4-7-9-5-2-1-3-6-9;1-5(2,3)4/h1-3,5-6H,4,7-8H2;. The molecule has 0 radical (unpaired) electrons. The van der Waals surface area contributed by atoms with Crippen LogP contribution in [0.1, 0.15) is 12.0 Å². The van der Waals surface area contributed by atoms with Crippen molar-refractivity contribution in [1.82, 2.24) is 0 Å². The Morgan fingerprint density at radius 1 is 1.13 bits per heavy atom. The van der Waals surface area contributed by atoms with Crippen LogP contribution in [-0.4, -0.2) is 15.1 Å². The van der Waals surface area contributed by atoms with Gasteiger partial charge in [-0.05, 0) is 18.4 Å². The first-order valence-electron chi connectivity index (χ1n) is 4.17. The minimum Gasteiger partial charge on any atom is -0.251 e. The van der Waals surface area contributed by atoms with Crippen molar-refractivity contribution < 1.29 is 12.8 Å². The lowest BCUT2D eigenvalue weighted by molar-refractivity contribution is 0.473. The van der Waals surface area contributed by atoms with Crippen LogP contribution in [-0.2, 0) is 14.7 Å². The predicted octanol–water partition coefficient (Wildman–Crippen LogP) is 3.30. The summed E-state index contributed by atoms with van der Waals surface area (Å²) in [6.07, 6.45) is 1.50. The van der Waals surface area contributed by atoms with Gasteiger partial charge in [0.25, 0.3) is 0 Å². The van der Waals surface area contributed by atoms with Crippen molar-refractivity contribution in [3.63, 3.8) is 0 Å². The lowest BCUT2D eigenvalue weighted by atomic mass is 10.1. The van der Waals surface area contributed by atoms with Gasteiger partial charge in [0.15, 0.2) is 0 Å². The van der Waals surface area contributed by atoms with E-state index in [9.17, 15) is 4.39 Å². The fourth-order valence-corrected chi connectivity index (χ4v) is 0.916. The summed E-state index contributed by atoms with van der Waals surface area (Å²) < 4.78 is 30.0. The Bertz CT molecular complexity index is 346. The molecular weight excluding hydrogens is 262 g/mol. The van der Waals surface area contributed by atoms with Crippen molar-refractivity contribution in [2.75, 3.05) is 6.67 Å². The quantitative estimate of drug-likeness (QED) is 0.792. The highest BCUT2D eigenvalue weighted by Gasteiger charge is 1.89. The molecule has 0 aliphatic carbocycles. The number of aryl methyl sites for hydroxylation is 1. The summed E-state index contributed by atoms with van der Waals surface area (Å²) in [5.41, 5.74) is 1.22. The van der Waals surface area contributed by atoms with E-state index in [0.29, 0.717) is 6.42 Å². The van der Waals surface area contributed by atoms with Crippen LogP contribution < -0.4 is 0 Å². The van der Waals surface area contributed by atoms with E-state index >= 15 is 0 Å². The fourth-order valence-electron chi connectivity index (χ4n) is 0.916. The first kappa shape index (κ1) is 14.7. The Morgan fingerprint density at radius 3 is 2.00 bits per heavy atom. The molecule has 0 heterocycles. The van der Waals surface area contributed by atoms with Crippen LogP contribution in [0.25, 0.3) is 0 Å². The van der Waals surface area contributed by atoms with Gasteiger partial charge in [-0.15, -0.1) is 0 Å². The van der Waals surface area contributed by atoms with Gasteiger partial charge in [0, 0.05) is 21.4 Å². The Labute approximate surface area is 97.9 Å². The summed E-state index contributed by atoms with van der Waals surface area (Å²) in [6, 6.07) is 9.98. The number of rotatable bonds is 3. The Balaban J connectivity index is 0.000000336. The lowest BCUT2D eigenvalue weighted by Gasteiger charge is -1.95. The minimum atomic E-state index is -3.72. The molecule has 0 saturated carbocycles. The van der Waals surface area contributed by atoms with Gasteiger partial charge in [-0.3, -0.25) is 4.39 Å². The molecule has 15 heavy (non-hydrogen) atoms. The first-order chi connectivity index (χ1) is 6.93. The number of benzene rings is 1. The maximum absolute atomic E-state index is 11.7. The molecular formula is C9H11Cl2FO2S. The molecule has 0 unspecified atom stereocenters. The molecule has 0 aliphatic rings. The molecule has 0 saturated heterocycles. The molecule has 0 N–H and O–H groups in total. The summed E-state index contributed by atoms with van der Waals surface area (Å²) in [6.45, 7) is -0.213. The van der Waals surface area contributed by atoms with Crippen LogP contribution in [0.4, 0.5) is 4.39 Å². The zero-order chi connectivity index (χ0) is 11.7. The number of hydrogen-bond acceptors (Lipinski definition) is 2. The Hall–Kier alpha value is -0.320. The normalized spacial score (nSPS) is 10.3. The lowest BCUT2D eigenvalue weighted by Crippen LogP contribution is -1.84. The van der Waals surface area contributed by atoms with E-state index < -0.39 is 8.26 Å². The second kappa shape index (κ2) is 7.91. The van der Waals surface area contributed by atoms with Crippen LogP contribution in [0, 0.1) is 0 Å². The van der Waals surface area contributed by atoms with E-state index in [4.69, 9.17) is 8.42 Å². The van der Waals surface area contributed by atoms with Gasteiger partial charge in [0.1, 0.15) is 0 Å². The van der Waals surface area contributed by atoms with Crippen molar-refractivity contribution in [2.45, 2.75) is 12.8 Å². The van der Waals surface area contributed by atoms with Crippen LogP contribution in [0.15, 0.2) is 30.3 Å². The minimum absolute atomic E-state index is 0.213. The van der Waals surface area contributed by atoms with Crippen LogP contribution in [0.2, 0.25) is 0 Å². The van der Waals surface area contributed by atoms with E-state index in [1.807, 2.05) is 30.3 Å². The van der Waals surface area contributed by atoms with Crippen LogP contribution >= 0.6 is 21.4 Å². The predicted molar refractivity (Wildman–Crippen MR) is 61.4 cm³/mol. The first-order valence-corrected chi connectivity index (χ1v) is 7.31. The molecule has 6 heteroatoms.